The van der Waals surface area contributed by atoms with Gasteiger partial charge in [-0.05, 0) is 42.0 Å². The Kier molecular flexibility index (Phi) is 4.70. The molecule has 5 heteroatoms. The molecule has 2 N–H and O–H groups in total. The van der Waals surface area contributed by atoms with Crippen LogP contribution < -0.4 is 11.3 Å². The molecule has 2 aromatic rings. The number of primary amides is 1. The van der Waals surface area contributed by atoms with Gasteiger partial charge < -0.3 is 10.3 Å². The molecule has 0 saturated carbocycles. The number of pyridine rings is 2. The predicted molar refractivity (Wildman–Crippen MR) is 92.5 cm³/mol. The molecule has 1 aliphatic carbocycles. The van der Waals surface area contributed by atoms with E-state index in [0.29, 0.717) is 18.0 Å². The Bertz CT molecular complexity index is 865. The normalized spacial score (nSPS) is 16.7. The van der Waals surface area contributed by atoms with E-state index in [1.807, 2.05) is 6.07 Å². The van der Waals surface area contributed by atoms with E-state index in [2.05, 4.69) is 23.2 Å². The summed E-state index contributed by atoms with van der Waals surface area (Å²) in [5.74, 6) is -0.106. The molecular weight excluding hydrogens is 302 g/mol. The zero-order valence-electron chi connectivity index (χ0n) is 13.3. The molecule has 0 fully saturated rings. The lowest BCUT2D eigenvalue weighted by Crippen LogP contribution is -2.19. The molecule has 122 valence electrons. The quantitative estimate of drug-likeness (QED) is 0.916. The van der Waals surface area contributed by atoms with Gasteiger partial charge in [0, 0.05) is 24.7 Å². The fraction of sp³-hybridized carbons (Fsp3) is 0.211. The SMILES string of the molecule is NC(=O)c1cncc(CC2C=CC(Cn3ccccc3=O)=CC2)c1. The number of allylic oxidation sites excluding steroid dienone is 4. The van der Waals surface area contributed by atoms with E-state index in [1.54, 1.807) is 35.2 Å². The van der Waals surface area contributed by atoms with Crippen molar-refractivity contribution < 1.29 is 4.79 Å². The molecule has 2 aromatic heterocycles. The third-order valence-corrected chi connectivity index (χ3v) is 4.09. The first-order valence-electron chi connectivity index (χ1n) is 7.88. The topological polar surface area (TPSA) is 78.0 Å². The molecule has 2 heterocycles. The van der Waals surface area contributed by atoms with Crippen LogP contribution in [0.15, 0.2) is 71.5 Å². The molecule has 0 bridgehead atoms. The summed E-state index contributed by atoms with van der Waals surface area (Å²) in [5.41, 5.74) is 7.85. The molecule has 0 aliphatic heterocycles. The summed E-state index contributed by atoms with van der Waals surface area (Å²) >= 11 is 0. The number of amides is 1. The van der Waals surface area contributed by atoms with Gasteiger partial charge in [0.05, 0.1) is 12.1 Å². The second-order valence-electron chi connectivity index (χ2n) is 5.95. The van der Waals surface area contributed by atoms with Crippen molar-refractivity contribution in [3.05, 3.63) is 88.1 Å². The number of hydrogen-bond donors (Lipinski definition) is 1. The van der Waals surface area contributed by atoms with Crippen LogP contribution in [0, 0.1) is 5.92 Å². The molecule has 0 aromatic carbocycles. The summed E-state index contributed by atoms with van der Waals surface area (Å²) in [6.07, 6.45) is 13.1. The largest absolute Gasteiger partial charge is 0.366 e. The van der Waals surface area contributed by atoms with Crippen LogP contribution in [0.5, 0.6) is 0 Å². The number of carbonyl (C=O) groups is 1. The van der Waals surface area contributed by atoms with Gasteiger partial charge in [-0.1, -0.05) is 24.3 Å². The van der Waals surface area contributed by atoms with Gasteiger partial charge in [0.2, 0.25) is 5.91 Å². The van der Waals surface area contributed by atoms with Crippen LogP contribution in [-0.4, -0.2) is 15.5 Å². The van der Waals surface area contributed by atoms with Gasteiger partial charge in [0.15, 0.2) is 0 Å². The number of hydrogen-bond acceptors (Lipinski definition) is 3. The molecule has 3 rings (SSSR count). The Morgan fingerprint density at radius 2 is 2.21 bits per heavy atom. The zero-order chi connectivity index (χ0) is 16.9. The first-order valence-corrected chi connectivity index (χ1v) is 7.88. The lowest BCUT2D eigenvalue weighted by Gasteiger charge is -2.17. The molecule has 1 atom stereocenters. The van der Waals surface area contributed by atoms with Crippen LogP contribution in [0.1, 0.15) is 22.3 Å². The number of aromatic nitrogens is 2. The first-order chi connectivity index (χ1) is 11.6. The average Bonchev–Trinajstić information content (AvgIpc) is 2.59. The lowest BCUT2D eigenvalue weighted by atomic mass is 9.91. The molecule has 1 unspecified atom stereocenters. The van der Waals surface area contributed by atoms with E-state index in [9.17, 15) is 9.59 Å². The molecule has 0 saturated heterocycles. The minimum Gasteiger partial charge on any atom is -0.366 e. The number of carbonyl (C=O) groups excluding carboxylic acids is 1. The minimum absolute atomic E-state index is 0.00302. The van der Waals surface area contributed by atoms with E-state index in [1.165, 1.54) is 6.20 Å². The van der Waals surface area contributed by atoms with Gasteiger partial charge in [0.25, 0.3) is 5.56 Å². The van der Waals surface area contributed by atoms with E-state index in [-0.39, 0.29) is 5.56 Å². The third kappa shape index (κ3) is 3.87. The zero-order valence-corrected chi connectivity index (χ0v) is 13.3. The summed E-state index contributed by atoms with van der Waals surface area (Å²) < 4.78 is 1.69. The van der Waals surface area contributed by atoms with Crippen LogP contribution >= 0.6 is 0 Å². The highest BCUT2D eigenvalue weighted by Crippen LogP contribution is 2.21. The van der Waals surface area contributed by atoms with Crippen molar-refractivity contribution in [1.29, 1.82) is 0 Å². The molecule has 1 amide bonds. The minimum atomic E-state index is -0.459. The van der Waals surface area contributed by atoms with Gasteiger partial charge in [-0.25, -0.2) is 0 Å². The van der Waals surface area contributed by atoms with Gasteiger partial charge in [-0.3, -0.25) is 14.6 Å². The Balaban J connectivity index is 1.63. The highest BCUT2D eigenvalue weighted by atomic mass is 16.1. The average molecular weight is 321 g/mol. The van der Waals surface area contributed by atoms with Crippen molar-refractivity contribution in [2.45, 2.75) is 19.4 Å². The maximum absolute atomic E-state index is 11.8. The van der Waals surface area contributed by atoms with Crippen molar-refractivity contribution in [2.75, 3.05) is 0 Å². The van der Waals surface area contributed by atoms with Crippen molar-refractivity contribution in [3.63, 3.8) is 0 Å². The van der Waals surface area contributed by atoms with Gasteiger partial charge in [0.1, 0.15) is 0 Å². The lowest BCUT2D eigenvalue weighted by molar-refractivity contribution is 0.1000. The van der Waals surface area contributed by atoms with Crippen molar-refractivity contribution in [1.82, 2.24) is 9.55 Å². The summed E-state index contributed by atoms with van der Waals surface area (Å²) in [4.78, 5) is 27.0. The van der Waals surface area contributed by atoms with Crippen molar-refractivity contribution in [3.8, 4) is 0 Å². The maximum atomic E-state index is 11.8. The van der Waals surface area contributed by atoms with E-state index < -0.39 is 5.91 Å². The van der Waals surface area contributed by atoms with Crippen molar-refractivity contribution >= 4 is 5.91 Å². The van der Waals surface area contributed by atoms with E-state index in [4.69, 9.17) is 5.73 Å². The number of rotatable bonds is 5. The van der Waals surface area contributed by atoms with Crippen molar-refractivity contribution in [2.24, 2.45) is 11.7 Å². The van der Waals surface area contributed by atoms with E-state index >= 15 is 0 Å². The third-order valence-electron chi connectivity index (χ3n) is 4.09. The van der Waals surface area contributed by atoms with Crippen LogP contribution in [0.3, 0.4) is 0 Å². The fourth-order valence-electron chi connectivity index (χ4n) is 2.80. The van der Waals surface area contributed by atoms with Crippen LogP contribution in [0.25, 0.3) is 0 Å². The summed E-state index contributed by atoms with van der Waals surface area (Å²) in [5, 5.41) is 0. The number of nitrogens with zero attached hydrogens (tertiary/aromatic N) is 2. The van der Waals surface area contributed by atoms with E-state index in [0.717, 1.165) is 24.0 Å². The molecule has 5 nitrogen and oxygen atoms in total. The summed E-state index contributed by atoms with van der Waals surface area (Å²) in [6, 6.07) is 6.96. The Labute approximate surface area is 140 Å². The van der Waals surface area contributed by atoms with Crippen LogP contribution in [-0.2, 0) is 13.0 Å². The monoisotopic (exact) mass is 321 g/mol. The molecule has 24 heavy (non-hydrogen) atoms. The van der Waals surface area contributed by atoms with Gasteiger partial charge >= 0.3 is 0 Å². The standard InChI is InChI=1S/C19H19N3O2/c20-19(24)17-10-16(11-21-12-17)9-14-4-6-15(7-5-14)13-22-8-2-1-3-18(22)23/h1-4,6-8,10-12,14H,5,9,13H2,(H2,20,24). The molecule has 0 radical (unpaired) electrons. The molecule has 0 spiro atoms. The second-order valence-corrected chi connectivity index (χ2v) is 5.95. The fourth-order valence-corrected chi connectivity index (χ4v) is 2.80. The van der Waals surface area contributed by atoms with Gasteiger partial charge in [-0.15, -0.1) is 0 Å². The smallest absolute Gasteiger partial charge is 0.250 e. The Morgan fingerprint density at radius 1 is 1.33 bits per heavy atom. The Morgan fingerprint density at radius 3 is 2.92 bits per heavy atom. The van der Waals surface area contributed by atoms with Crippen LogP contribution in [0.2, 0.25) is 0 Å². The highest BCUT2D eigenvalue weighted by molar-refractivity contribution is 5.92. The summed E-state index contributed by atoms with van der Waals surface area (Å²) in [7, 11) is 0. The number of nitrogens with two attached hydrogens (primary N) is 1. The Hall–Kier alpha value is -2.95. The summed E-state index contributed by atoms with van der Waals surface area (Å²) in [6.45, 7) is 0.585. The van der Waals surface area contributed by atoms with Crippen LogP contribution in [0.4, 0.5) is 0 Å². The van der Waals surface area contributed by atoms with Gasteiger partial charge in [-0.2, -0.15) is 0 Å². The predicted octanol–water partition coefficient (Wildman–Crippen LogP) is 2.09. The molecule has 1 aliphatic rings. The second kappa shape index (κ2) is 7.08. The first kappa shape index (κ1) is 15.9. The maximum Gasteiger partial charge on any atom is 0.250 e. The molecular formula is C19H19N3O2. The highest BCUT2D eigenvalue weighted by Gasteiger charge is 2.12.